The molecule has 0 bridgehead atoms. The van der Waals surface area contributed by atoms with Crippen molar-refractivity contribution >= 4 is 34.6 Å². The van der Waals surface area contributed by atoms with Crippen molar-refractivity contribution in [1.29, 1.82) is 0 Å². The fraction of sp³-hybridized carbons (Fsp3) is 0.400. The number of aromatic nitrogens is 4. The summed E-state index contributed by atoms with van der Waals surface area (Å²) in [7, 11) is 0. The van der Waals surface area contributed by atoms with E-state index in [1.54, 1.807) is 4.57 Å². The molecule has 1 aliphatic rings. The zero-order chi connectivity index (χ0) is 13.6. The van der Waals surface area contributed by atoms with E-state index >= 15 is 0 Å². The summed E-state index contributed by atoms with van der Waals surface area (Å²) in [6.45, 7) is 0. The number of carboxylic acid groups (broad SMARTS) is 1. The number of carbonyl (C=O) groups is 1. The molecule has 3 heterocycles. The van der Waals surface area contributed by atoms with Gasteiger partial charge in [0.15, 0.2) is 17.6 Å². The van der Waals surface area contributed by atoms with Gasteiger partial charge in [0.2, 0.25) is 5.28 Å². The molecule has 19 heavy (non-hydrogen) atoms. The van der Waals surface area contributed by atoms with Gasteiger partial charge in [0.05, 0.1) is 6.33 Å². The van der Waals surface area contributed by atoms with Crippen LogP contribution < -0.4 is 5.73 Å². The molecule has 0 unspecified atom stereocenters. The smallest absolute Gasteiger partial charge is 0.332 e. The maximum Gasteiger partial charge on any atom is 0.332 e. The highest BCUT2D eigenvalue weighted by atomic mass is 35.5. The molecule has 0 aromatic carbocycles. The Morgan fingerprint density at radius 2 is 2.32 bits per heavy atom. The number of anilines is 1. The summed E-state index contributed by atoms with van der Waals surface area (Å²) < 4.78 is 7.06. The number of hydrogen-bond acceptors (Lipinski definition) is 6. The number of nitrogens with two attached hydrogens (primary N) is 1. The molecule has 0 spiro atoms. The second kappa shape index (κ2) is 4.32. The molecule has 2 aromatic rings. The van der Waals surface area contributed by atoms with Crippen LogP contribution in [0.25, 0.3) is 11.2 Å². The van der Waals surface area contributed by atoms with Gasteiger partial charge in [0, 0.05) is 0 Å². The summed E-state index contributed by atoms with van der Waals surface area (Å²) in [5.41, 5.74) is 6.56. The second-order valence-electron chi connectivity index (χ2n) is 4.20. The van der Waals surface area contributed by atoms with E-state index in [1.807, 2.05) is 0 Å². The van der Waals surface area contributed by atoms with Gasteiger partial charge in [0.1, 0.15) is 11.7 Å². The number of nitrogen functional groups attached to an aromatic ring is 1. The van der Waals surface area contributed by atoms with Gasteiger partial charge in [-0.3, -0.25) is 4.57 Å². The molecule has 1 fully saturated rings. The molecule has 0 amide bonds. The van der Waals surface area contributed by atoms with Gasteiger partial charge in [-0.1, -0.05) is 0 Å². The molecule has 0 aliphatic carbocycles. The summed E-state index contributed by atoms with van der Waals surface area (Å²) in [4.78, 5) is 22.8. The van der Waals surface area contributed by atoms with E-state index in [1.165, 1.54) is 6.33 Å². The number of halogens is 1. The summed E-state index contributed by atoms with van der Waals surface area (Å²) in [5, 5.41) is 8.93. The predicted octanol–water partition coefficient (Wildman–Crippen LogP) is 0.824. The Labute approximate surface area is 112 Å². The molecule has 0 radical (unpaired) electrons. The Kier molecular flexibility index (Phi) is 2.76. The fourth-order valence-corrected chi connectivity index (χ4v) is 2.30. The average molecular weight is 284 g/mol. The minimum atomic E-state index is -0.973. The predicted molar refractivity (Wildman–Crippen MR) is 65.5 cm³/mol. The van der Waals surface area contributed by atoms with E-state index in [-0.39, 0.29) is 11.1 Å². The number of hydrogen-bond donors (Lipinski definition) is 2. The highest BCUT2D eigenvalue weighted by Gasteiger charge is 2.32. The molecular weight excluding hydrogens is 274 g/mol. The largest absolute Gasteiger partial charge is 0.479 e. The van der Waals surface area contributed by atoms with Crippen molar-refractivity contribution in [3.63, 3.8) is 0 Å². The lowest BCUT2D eigenvalue weighted by atomic mass is 10.2. The van der Waals surface area contributed by atoms with Crippen molar-refractivity contribution in [2.75, 3.05) is 5.73 Å². The third-order valence-electron chi connectivity index (χ3n) is 3.00. The first-order valence-electron chi connectivity index (χ1n) is 5.60. The van der Waals surface area contributed by atoms with Crippen LogP contribution in [0.1, 0.15) is 19.1 Å². The number of imidazole rings is 1. The van der Waals surface area contributed by atoms with Crippen molar-refractivity contribution in [3.05, 3.63) is 11.6 Å². The number of nitrogens with zero attached hydrogens (tertiary/aromatic N) is 4. The van der Waals surface area contributed by atoms with Crippen LogP contribution in [0.4, 0.5) is 5.82 Å². The molecule has 3 rings (SSSR count). The molecule has 8 nitrogen and oxygen atoms in total. The van der Waals surface area contributed by atoms with Crippen molar-refractivity contribution in [1.82, 2.24) is 19.5 Å². The highest BCUT2D eigenvalue weighted by Crippen LogP contribution is 2.31. The summed E-state index contributed by atoms with van der Waals surface area (Å²) in [6.07, 6.45) is 1.26. The first-order chi connectivity index (χ1) is 9.06. The number of fused-ring (bicyclic) bond motifs is 1. The van der Waals surface area contributed by atoms with E-state index in [0.717, 1.165) is 0 Å². The van der Waals surface area contributed by atoms with Crippen molar-refractivity contribution < 1.29 is 14.6 Å². The van der Waals surface area contributed by atoms with Gasteiger partial charge < -0.3 is 15.6 Å². The first kappa shape index (κ1) is 12.1. The third-order valence-corrected chi connectivity index (χ3v) is 3.17. The molecule has 0 saturated carbocycles. The van der Waals surface area contributed by atoms with Gasteiger partial charge in [-0.05, 0) is 24.4 Å². The maximum atomic E-state index is 10.9. The van der Waals surface area contributed by atoms with E-state index < -0.39 is 18.3 Å². The summed E-state index contributed by atoms with van der Waals surface area (Å²) >= 11 is 5.76. The van der Waals surface area contributed by atoms with Crippen LogP contribution in [0.5, 0.6) is 0 Å². The number of rotatable bonds is 2. The Balaban J connectivity index is 2.00. The molecule has 9 heteroatoms. The Bertz CT molecular complexity index is 658. The van der Waals surface area contributed by atoms with E-state index in [0.29, 0.717) is 24.0 Å². The van der Waals surface area contributed by atoms with Crippen LogP contribution in [0.3, 0.4) is 0 Å². The molecule has 100 valence electrons. The lowest BCUT2D eigenvalue weighted by Crippen LogP contribution is -2.20. The molecule has 1 aliphatic heterocycles. The van der Waals surface area contributed by atoms with Crippen LogP contribution >= 0.6 is 11.6 Å². The SMILES string of the molecule is Nc1nc(Cl)nc2c1ncn2[C@H]1CC[C@@H](C(=O)O)O1. The number of ether oxygens (including phenoxy) is 1. The van der Waals surface area contributed by atoms with Crippen LogP contribution in [-0.2, 0) is 9.53 Å². The molecule has 3 N–H and O–H groups in total. The average Bonchev–Trinajstić information content (AvgIpc) is 2.93. The molecule has 2 aromatic heterocycles. The Morgan fingerprint density at radius 3 is 3.00 bits per heavy atom. The third kappa shape index (κ3) is 1.98. The summed E-state index contributed by atoms with van der Waals surface area (Å²) in [5.74, 6) is -0.791. The molecule has 2 atom stereocenters. The highest BCUT2D eigenvalue weighted by molar-refractivity contribution is 6.28. The zero-order valence-electron chi connectivity index (χ0n) is 9.65. The van der Waals surface area contributed by atoms with Gasteiger partial charge in [-0.15, -0.1) is 0 Å². The molecular formula is C10H10ClN5O3. The minimum Gasteiger partial charge on any atom is -0.479 e. The zero-order valence-corrected chi connectivity index (χ0v) is 10.4. The lowest BCUT2D eigenvalue weighted by Gasteiger charge is -2.13. The van der Waals surface area contributed by atoms with E-state index in [9.17, 15) is 4.79 Å². The maximum absolute atomic E-state index is 10.9. The summed E-state index contributed by atoms with van der Waals surface area (Å²) in [6, 6.07) is 0. The van der Waals surface area contributed by atoms with Gasteiger partial charge >= 0.3 is 5.97 Å². The van der Waals surface area contributed by atoms with Crippen LogP contribution in [0.15, 0.2) is 6.33 Å². The number of aliphatic carboxylic acids is 1. The van der Waals surface area contributed by atoms with Crippen molar-refractivity contribution in [3.8, 4) is 0 Å². The molecule has 1 saturated heterocycles. The monoisotopic (exact) mass is 283 g/mol. The fourth-order valence-electron chi connectivity index (χ4n) is 2.13. The van der Waals surface area contributed by atoms with Crippen molar-refractivity contribution in [2.24, 2.45) is 0 Å². The lowest BCUT2D eigenvalue weighted by molar-refractivity contribution is -0.151. The number of carboxylic acids is 1. The Hall–Kier alpha value is -1.93. The topological polar surface area (TPSA) is 116 Å². The van der Waals surface area contributed by atoms with Crippen LogP contribution in [-0.4, -0.2) is 36.7 Å². The van der Waals surface area contributed by atoms with Gasteiger partial charge in [-0.25, -0.2) is 9.78 Å². The van der Waals surface area contributed by atoms with Gasteiger partial charge in [-0.2, -0.15) is 9.97 Å². The van der Waals surface area contributed by atoms with Crippen LogP contribution in [0.2, 0.25) is 5.28 Å². The Morgan fingerprint density at radius 1 is 1.53 bits per heavy atom. The quantitative estimate of drug-likeness (QED) is 0.784. The minimum absolute atomic E-state index is 0.0135. The van der Waals surface area contributed by atoms with Gasteiger partial charge in [0.25, 0.3) is 0 Å². The normalized spacial score (nSPS) is 23.0. The second-order valence-corrected chi connectivity index (χ2v) is 4.53. The van der Waals surface area contributed by atoms with E-state index in [4.69, 9.17) is 27.2 Å². The van der Waals surface area contributed by atoms with E-state index in [2.05, 4.69) is 15.0 Å². The van der Waals surface area contributed by atoms with Crippen molar-refractivity contribution in [2.45, 2.75) is 25.2 Å². The first-order valence-corrected chi connectivity index (χ1v) is 5.98. The van der Waals surface area contributed by atoms with Crippen LogP contribution in [0, 0.1) is 0 Å². The standard InChI is InChI=1S/C10H10ClN5O3/c11-10-14-7(12)6-8(15-10)16(3-13-6)5-2-1-4(19-5)9(17)18/h3-5H,1-2H2,(H,17,18)(H2,12,14,15)/t4-,5+/m0/s1.